The summed E-state index contributed by atoms with van der Waals surface area (Å²) in [6.07, 6.45) is 1.14. The topological polar surface area (TPSA) is 104 Å². The quantitative estimate of drug-likeness (QED) is 0.833. The van der Waals surface area contributed by atoms with Crippen LogP contribution in [0.3, 0.4) is 0 Å². The Kier molecular flexibility index (Phi) is 4.35. The summed E-state index contributed by atoms with van der Waals surface area (Å²) in [5, 5.41) is 11.9. The number of hydrogen-bond donors (Lipinski definition) is 2. The van der Waals surface area contributed by atoms with Crippen LogP contribution in [-0.2, 0) is 21.2 Å². The van der Waals surface area contributed by atoms with Crippen molar-refractivity contribution in [3.05, 3.63) is 29.3 Å². The first-order valence-electron chi connectivity index (χ1n) is 7.93. The Balaban J connectivity index is 1.94. The van der Waals surface area contributed by atoms with Crippen LogP contribution in [0.2, 0.25) is 0 Å². The lowest BCUT2D eigenvalue weighted by Gasteiger charge is -2.33. The molecule has 130 valence electrons. The molecule has 2 aliphatic rings. The van der Waals surface area contributed by atoms with Gasteiger partial charge in [0, 0.05) is 25.2 Å². The van der Waals surface area contributed by atoms with E-state index in [4.69, 9.17) is 0 Å². The van der Waals surface area contributed by atoms with Gasteiger partial charge in [0.1, 0.15) is 0 Å². The van der Waals surface area contributed by atoms with Gasteiger partial charge in [0.05, 0.1) is 10.8 Å². The number of sulfonamides is 1. The van der Waals surface area contributed by atoms with Crippen molar-refractivity contribution in [3.8, 4) is 0 Å². The Bertz CT molecular complexity index is 790. The minimum absolute atomic E-state index is 0.0319. The van der Waals surface area contributed by atoms with Gasteiger partial charge in [0.15, 0.2) is 0 Å². The number of carboxylic acid groups (broad SMARTS) is 1. The molecule has 0 saturated carbocycles. The molecule has 2 atom stereocenters. The highest BCUT2D eigenvalue weighted by Crippen LogP contribution is 2.28. The second-order valence-corrected chi connectivity index (χ2v) is 8.46. The number of fused-ring (bicyclic) bond motifs is 1. The molecular formula is C16H20N2O5S. The number of piperidine rings is 1. The zero-order valence-electron chi connectivity index (χ0n) is 13.4. The van der Waals surface area contributed by atoms with Gasteiger partial charge in [-0.3, -0.25) is 9.59 Å². The maximum absolute atomic E-state index is 12.9. The molecule has 8 heteroatoms. The fourth-order valence-corrected chi connectivity index (χ4v) is 5.01. The van der Waals surface area contributed by atoms with E-state index in [0.717, 1.165) is 5.56 Å². The highest BCUT2D eigenvalue weighted by atomic mass is 32.2. The van der Waals surface area contributed by atoms with Crippen LogP contribution in [0.5, 0.6) is 0 Å². The molecule has 1 aromatic carbocycles. The predicted molar refractivity (Wildman–Crippen MR) is 86.1 cm³/mol. The molecule has 0 aliphatic carbocycles. The SMILES string of the molecule is CC1CC(C(=O)O)CN(S(=O)(=O)c2ccc3c(c2)C(=O)NCC3)C1. The lowest BCUT2D eigenvalue weighted by atomic mass is 9.92. The van der Waals surface area contributed by atoms with Crippen LogP contribution in [0.15, 0.2) is 23.1 Å². The highest BCUT2D eigenvalue weighted by Gasteiger charge is 2.36. The van der Waals surface area contributed by atoms with Crippen LogP contribution in [0.1, 0.15) is 29.3 Å². The lowest BCUT2D eigenvalue weighted by Crippen LogP contribution is -2.45. The average molecular weight is 352 g/mol. The Morgan fingerprint density at radius 2 is 2.08 bits per heavy atom. The number of carbonyl (C=O) groups excluding carboxylic acids is 1. The number of nitrogens with one attached hydrogen (secondary N) is 1. The maximum atomic E-state index is 12.9. The van der Waals surface area contributed by atoms with E-state index in [1.54, 1.807) is 6.07 Å². The minimum Gasteiger partial charge on any atom is -0.481 e. The first-order chi connectivity index (χ1) is 11.3. The predicted octanol–water partition coefficient (Wildman–Crippen LogP) is 0.704. The number of carbonyl (C=O) groups is 2. The van der Waals surface area contributed by atoms with Gasteiger partial charge in [-0.2, -0.15) is 4.31 Å². The number of aliphatic carboxylic acids is 1. The third-order valence-electron chi connectivity index (χ3n) is 4.62. The zero-order valence-corrected chi connectivity index (χ0v) is 14.2. The summed E-state index contributed by atoms with van der Waals surface area (Å²) in [5.41, 5.74) is 1.20. The number of benzene rings is 1. The highest BCUT2D eigenvalue weighted by molar-refractivity contribution is 7.89. The molecule has 2 N–H and O–H groups in total. The van der Waals surface area contributed by atoms with Gasteiger partial charge in [-0.15, -0.1) is 0 Å². The minimum atomic E-state index is -3.83. The Morgan fingerprint density at radius 1 is 1.33 bits per heavy atom. The van der Waals surface area contributed by atoms with Crippen molar-refractivity contribution in [2.75, 3.05) is 19.6 Å². The van der Waals surface area contributed by atoms with Crippen LogP contribution in [0, 0.1) is 11.8 Å². The number of rotatable bonds is 3. The standard InChI is InChI=1S/C16H20N2O5S/c1-10-6-12(16(20)21)9-18(8-10)24(22,23)13-3-2-11-4-5-17-15(19)14(11)7-13/h2-3,7,10,12H,4-6,8-9H2,1H3,(H,17,19)(H,20,21). The zero-order chi connectivity index (χ0) is 17.5. The van der Waals surface area contributed by atoms with E-state index < -0.39 is 21.9 Å². The fourth-order valence-electron chi connectivity index (χ4n) is 3.38. The third-order valence-corrected chi connectivity index (χ3v) is 6.45. The summed E-state index contributed by atoms with van der Waals surface area (Å²) in [6, 6.07) is 4.57. The molecule has 1 aromatic rings. The van der Waals surface area contributed by atoms with Gasteiger partial charge in [-0.25, -0.2) is 8.42 Å². The molecule has 7 nitrogen and oxygen atoms in total. The van der Waals surface area contributed by atoms with E-state index in [1.807, 2.05) is 6.92 Å². The Labute approximate surface area is 140 Å². The monoisotopic (exact) mass is 352 g/mol. The summed E-state index contributed by atoms with van der Waals surface area (Å²) in [4.78, 5) is 23.2. The van der Waals surface area contributed by atoms with Crippen molar-refractivity contribution in [2.45, 2.75) is 24.7 Å². The summed E-state index contributed by atoms with van der Waals surface area (Å²) in [7, 11) is -3.83. The number of hydrogen-bond acceptors (Lipinski definition) is 4. The molecular weight excluding hydrogens is 332 g/mol. The van der Waals surface area contributed by atoms with E-state index in [2.05, 4.69) is 5.32 Å². The molecule has 2 aliphatic heterocycles. The van der Waals surface area contributed by atoms with Crippen LogP contribution >= 0.6 is 0 Å². The third kappa shape index (κ3) is 3.03. The first kappa shape index (κ1) is 16.9. The molecule has 2 heterocycles. The number of nitrogens with zero attached hydrogens (tertiary/aromatic N) is 1. The second-order valence-electron chi connectivity index (χ2n) is 6.52. The molecule has 0 spiro atoms. The smallest absolute Gasteiger partial charge is 0.307 e. The van der Waals surface area contributed by atoms with Crippen LogP contribution in [0.25, 0.3) is 0 Å². The first-order valence-corrected chi connectivity index (χ1v) is 9.37. The average Bonchev–Trinajstić information content (AvgIpc) is 2.54. The van der Waals surface area contributed by atoms with E-state index in [9.17, 15) is 23.1 Å². The van der Waals surface area contributed by atoms with Crippen molar-refractivity contribution >= 4 is 21.9 Å². The van der Waals surface area contributed by atoms with Crippen molar-refractivity contribution in [2.24, 2.45) is 11.8 Å². The van der Waals surface area contributed by atoms with Gasteiger partial charge in [-0.1, -0.05) is 13.0 Å². The fraction of sp³-hybridized carbons (Fsp3) is 0.500. The van der Waals surface area contributed by atoms with Gasteiger partial charge in [-0.05, 0) is 36.5 Å². The molecule has 24 heavy (non-hydrogen) atoms. The molecule has 1 amide bonds. The second kappa shape index (κ2) is 6.18. The number of amides is 1. The normalized spacial score (nSPS) is 25.0. The molecule has 0 aromatic heterocycles. The van der Waals surface area contributed by atoms with Crippen LogP contribution in [-0.4, -0.2) is 49.3 Å². The van der Waals surface area contributed by atoms with Crippen molar-refractivity contribution in [1.29, 1.82) is 0 Å². The van der Waals surface area contributed by atoms with Crippen LogP contribution in [0.4, 0.5) is 0 Å². The van der Waals surface area contributed by atoms with E-state index in [-0.39, 0.29) is 29.8 Å². The van der Waals surface area contributed by atoms with E-state index in [0.29, 0.717) is 24.9 Å². The largest absolute Gasteiger partial charge is 0.481 e. The van der Waals surface area contributed by atoms with Gasteiger partial charge >= 0.3 is 5.97 Å². The van der Waals surface area contributed by atoms with Crippen molar-refractivity contribution in [3.63, 3.8) is 0 Å². The van der Waals surface area contributed by atoms with Gasteiger partial charge in [0.2, 0.25) is 10.0 Å². The summed E-state index contributed by atoms with van der Waals surface area (Å²) >= 11 is 0. The van der Waals surface area contributed by atoms with Crippen molar-refractivity contribution < 1.29 is 23.1 Å². The summed E-state index contributed by atoms with van der Waals surface area (Å²) < 4.78 is 27.0. The molecule has 2 unspecified atom stereocenters. The van der Waals surface area contributed by atoms with Crippen LogP contribution < -0.4 is 5.32 Å². The van der Waals surface area contributed by atoms with Crippen molar-refractivity contribution in [1.82, 2.24) is 9.62 Å². The molecule has 0 bridgehead atoms. The maximum Gasteiger partial charge on any atom is 0.307 e. The summed E-state index contributed by atoms with van der Waals surface area (Å²) in [5.74, 6) is -1.99. The lowest BCUT2D eigenvalue weighted by molar-refractivity contribution is -0.143. The Morgan fingerprint density at radius 3 is 2.79 bits per heavy atom. The van der Waals surface area contributed by atoms with E-state index in [1.165, 1.54) is 16.4 Å². The molecule has 0 radical (unpaired) electrons. The molecule has 1 saturated heterocycles. The van der Waals surface area contributed by atoms with Gasteiger partial charge < -0.3 is 10.4 Å². The number of carboxylic acids is 1. The van der Waals surface area contributed by atoms with E-state index >= 15 is 0 Å². The molecule has 3 rings (SSSR count). The van der Waals surface area contributed by atoms with Gasteiger partial charge in [0.25, 0.3) is 5.91 Å². The Hall–Kier alpha value is -1.93. The summed E-state index contributed by atoms with van der Waals surface area (Å²) in [6.45, 7) is 2.64. The molecule has 1 fully saturated rings.